The first-order chi connectivity index (χ1) is 8.25. The molecule has 1 atom stereocenters. The van der Waals surface area contributed by atoms with Crippen LogP contribution in [0.1, 0.15) is 16.6 Å². The van der Waals surface area contributed by atoms with E-state index in [4.69, 9.17) is 9.47 Å². The number of ether oxygens (including phenoxy) is 2. The van der Waals surface area contributed by atoms with Crippen molar-refractivity contribution in [2.45, 2.75) is 13.0 Å². The van der Waals surface area contributed by atoms with Crippen LogP contribution in [0.4, 0.5) is 0 Å². The van der Waals surface area contributed by atoms with Crippen molar-refractivity contribution in [3.63, 3.8) is 0 Å². The third-order valence-corrected chi connectivity index (χ3v) is 3.50. The Balaban J connectivity index is 1.76. The van der Waals surface area contributed by atoms with Crippen LogP contribution in [-0.4, -0.2) is 49.8 Å². The lowest BCUT2D eigenvalue weighted by atomic mass is 10.3. The van der Waals surface area contributed by atoms with Gasteiger partial charge in [-0.2, -0.15) is 0 Å². The molecule has 0 spiro atoms. The molecule has 0 radical (unpaired) electrons. The van der Waals surface area contributed by atoms with Crippen LogP contribution in [-0.2, 0) is 9.47 Å². The molecule has 1 aromatic rings. The Kier molecular flexibility index (Phi) is 4.53. The van der Waals surface area contributed by atoms with Crippen LogP contribution in [0.2, 0.25) is 0 Å². The molecule has 1 saturated heterocycles. The molecule has 0 bridgehead atoms. The predicted octanol–water partition coefficient (Wildman–Crippen LogP) is 1.63. The third kappa shape index (κ3) is 3.80. The van der Waals surface area contributed by atoms with Gasteiger partial charge in [0.15, 0.2) is 0 Å². The fourth-order valence-electron chi connectivity index (χ4n) is 1.82. The van der Waals surface area contributed by atoms with Crippen LogP contribution < -0.4 is 0 Å². The molecule has 1 aliphatic heterocycles. The minimum atomic E-state index is -0.222. The van der Waals surface area contributed by atoms with Crippen LogP contribution in [0, 0.1) is 0 Å². The first-order valence-corrected chi connectivity index (χ1v) is 6.68. The Morgan fingerprint density at radius 1 is 1.59 bits per heavy atom. The van der Waals surface area contributed by atoms with Gasteiger partial charge in [0.25, 0.3) is 0 Å². The molecule has 0 aromatic carbocycles. The standard InChI is InChI=1S/C12H17NO3S/c1-10(9-13-4-6-15-7-5-13)16-12(14)11-3-2-8-17-11/h2-3,8,10H,4-7,9H2,1H3/t10-/m1/s1. The van der Waals surface area contributed by atoms with Crippen LogP contribution in [0.5, 0.6) is 0 Å². The van der Waals surface area contributed by atoms with E-state index in [1.54, 1.807) is 6.07 Å². The zero-order valence-corrected chi connectivity index (χ0v) is 10.7. The summed E-state index contributed by atoms with van der Waals surface area (Å²) in [6, 6.07) is 3.64. The average Bonchev–Trinajstić information content (AvgIpc) is 2.83. The summed E-state index contributed by atoms with van der Waals surface area (Å²) in [5.41, 5.74) is 0. The average molecular weight is 255 g/mol. The fraction of sp³-hybridized carbons (Fsp3) is 0.583. The van der Waals surface area contributed by atoms with E-state index in [2.05, 4.69) is 4.90 Å². The maximum absolute atomic E-state index is 11.7. The molecule has 1 fully saturated rings. The Labute approximate surface area is 105 Å². The van der Waals surface area contributed by atoms with E-state index in [1.807, 2.05) is 18.4 Å². The lowest BCUT2D eigenvalue weighted by Gasteiger charge is -2.28. The number of carbonyl (C=O) groups is 1. The Bertz CT molecular complexity index is 347. The van der Waals surface area contributed by atoms with E-state index in [9.17, 15) is 4.79 Å². The van der Waals surface area contributed by atoms with Crippen molar-refractivity contribution in [3.05, 3.63) is 22.4 Å². The highest BCUT2D eigenvalue weighted by Gasteiger charge is 2.17. The number of nitrogens with zero attached hydrogens (tertiary/aromatic N) is 1. The summed E-state index contributed by atoms with van der Waals surface area (Å²) in [4.78, 5) is 14.6. The maximum Gasteiger partial charge on any atom is 0.348 e. The number of carbonyl (C=O) groups excluding carboxylic acids is 1. The van der Waals surface area contributed by atoms with E-state index in [-0.39, 0.29) is 12.1 Å². The summed E-state index contributed by atoms with van der Waals surface area (Å²) >= 11 is 1.41. The second-order valence-electron chi connectivity index (χ2n) is 4.11. The van der Waals surface area contributed by atoms with Gasteiger partial charge in [-0.15, -0.1) is 11.3 Å². The Morgan fingerprint density at radius 2 is 2.35 bits per heavy atom. The van der Waals surface area contributed by atoms with Crippen molar-refractivity contribution < 1.29 is 14.3 Å². The van der Waals surface area contributed by atoms with Gasteiger partial charge < -0.3 is 9.47 Å². The number of morpholine rings is 1. The minimum absolute atomic E-state index is 0.0808. The number of esters is 1. The predicted molar refractivity (Wildman–Crippen MR) is 66.5 cm³/mol. The van der Waals surface area contributed by atoms with Crippen LogP contribution in [0.15, 0.2) is 17.5 Å². The van der Waals surface area contributed by atoms with Crippen molar-refractivity contribution in [1.29, 1.82) is 0 Å². The second kappa shape index (κ2) is 6.14. The molecule has 0 aliphatic carbocycles. The molecule has 0 unspecified atom stereocenters. The SMILES string of the molecule is C[C@H](CN1CCOCC1)OC(=O)c1cccs1. The first-order valence-electron chi connectivity index (χ1n) is 5.80. The van der Waals surface area contributed by atoms with Gasteiger partial charge in [0.05, 0.1) is 13.2 Å². The summed E-state index contributed by atoms with van der Waals surface area (Å²) in [7, 11) is 0. The van der Waals surface area contributed by atoms with Crippen LogP contribution in [0.3, 0.4) is 0 Å². The van der Waals surface area contributed by atoms with Gasteiger partial charge in [-0.05, 0) is 18.4 Å². The highest BCUT2D eigenvalue weighted by molar-refractivity contribution is 7.11. The van der Waals surface area contributed by atoms with Crippen molar-refractivity contribution >= 4 is 17.3 Å². The molecular weight excluding hydrogens is 238 g/mol. The molecule has 5 heteroatoms. The molecule has 0 saturated carbocycles. The number of hydrogen-bond donors (Lipinski definition) is 0. The Hall–Kier alpha value is -0.910. The van der Waals surface area contributed by atoms with E-state index in [1.165, 1.54) is 11.3 Å². The van der Waals surface area contributed by atoms with Gasteiger partial charge in [-0.1, -0.05) is 6.07 Å². The topological polar surface area (TPSA) is 38.8 Å². The third-order valence-electron chi connectivity index (χ3n) is 2.65. The molecule has 0 amide bonds. The van der Waals surface area contributed by atoms with Gasteiger partial charge in [0.1, 0.15) is 11.0 Å². The van der Waals surface area contributed by atoms with Gasteiger partial charge in [0.2, 0.25) is 0 Å². The molecule has 1 aliphatic rings. The normalized spacial score (nSPS) is 18.9. The zero-order chi connectivity index (χ0) is 12.1. The lowest BCUT2D eigenvalue weighted by Crippen LogP contribution is -2.41. The molecule has 2 rings (SSSR count). The molecule has 17 heavy (non-hydrogen) atoms. The molecule has 4 nitrogen and oxygen atoms in total. The Morgan fingerprint density at radius 3 is 3.00 bits per heavy atom. The zero-order valence-electron chi connectivity index (χ0n) is 9.93. The highest BCUT2D eigenvalue weighted by atomic mass is 32.1. The number of thiophene rings is 1. The van der Waals surface area contributed by atoms with Gasteiger partial charge in [-0.3, -0.25) is 4.90 Å². The van der Waals surface area contributed by atoms with E-state index < -0.39 is 0 Å². The molecule has 0 N–H and O–H groups in total. The van der Waals surface area contributed by atoms with Gasteiger partial charge >= 0.3 is 5.97 Å². The van der Waals surface area contributed by atoms with Gasteiger partial charge in [-0.25, -0.2) is 4.79 Å². The summed E-state index contributed by atoms with van der Waals surface area (Å²) in [6.45, 7) is 6.08. The monoisotopic (exact) mass is 255 g/mol. The maximum atomic E-state index is 11.7. The number of rotatable bonds is 4. The highest BCUT2D eigenvalue weighted by Crippen LogP contribution is 2.11. The lowest BCUT2D eigenvalue weighted by molar-refractivity contribution is 0.000728. The van der Waals surface area contributed by atoms with Crippen LogP contribution in [0.25, 0.3) is 0 Å². The summed E-state index contributed by atoms with van der Waals surface area (Å²) < 4.78 is 10.7. The van der Waals surface area contributed by atoms with Gasteiger partial charge in [0, 0.05) is 19.6 Å². The van der Waals surface area contributed by atoms with E-state index in [0.29, 0.717) is 4.88 Å². The van der Waals surface area contributed by atoms with Crippen molar-refractivity contribution in [1.82, 2.24) is 4.90 Å². The molecule has 1 aromatic heterocycles. The summed E-state index contributed by atoms with van der Waals surface area (Å²) in [5, 5.41) is 1.88. The largest absolute Gasteiger partial charge is 0.457 e. The minimum Gasteiger partial charge on any atom is -0.457 e. The fourth-order valence-corrected chi connectivity index (χ4v) is 2.43. The van der Waals surface area contributed by atoms with Crippen molar-refractivity contribution in [3.8, 4) is 0 Å². The smallest absolute Gasteiger partial charge is 0.348 e. The summed E-state index contributed by atoms with van der Waals surface area (Å²) in [5.74, 6) is -0.222. The quantitative estimate of drug-likeness (QED) is 0.766. The molecular formula is C12H17NO3S. The second-order valence-corrected chi connectivity index (χ2v) is 5.05. The van der Waals surface area contributed by atoms with Crippen molar-refractivity contribution in [2.24, 2.45) is 0 Å². The van der Waals surface area contributed by atoms with E-state index in [0.717, 1.165) is 32.8 Å². The van der Waals surface area contributed by atoms with E-state index >= 15 is 0 Å². The molecule has 2 heterocycles. The summed E-state index contributed by atoms with van der Waals surface area (Å²) in [6.07, 6.45) is -0.0808. The first kappa shape index (κ1) is 12.5. The molecule has 94 valence electrons. The number of hydrogen-bond acceptors (Lipinski definition) is 5. The van der Waals surface area contributed by atoms with Crippen LogP contribution >= 0.6 is 11.3 Å². The van der Waals surface area contributed by atoms with Crippen molar-refractivity contribution in [2.75, 3.05) is 32.8 Å².